The molecule has 0 bridgehead atoms. The van der Waals surface area contributed by atoms with Crippen molar-refractivity contribution in [1.29, 1.82) is 0 Å². The van der Waals surface area contributed by atoms with Crippen LogP contribution in [0.15, 0.2) is 29.2 Å². The summed E-state index contributed by atoms with van der Waals surface area (Å²) in [6.45, 7) is 6.87. The molecule has 2 rings (SSSR count). The van der Waals surface area contributed by atoms with E-state index in [-0.39, 0.29) is 23.8 Å². The minimum Gasteiger partial charge on any atom is -0.744 e. The molecule has 0 fully saturated rings. The number of aryl methyl sites for hydroxylation is 1. The second kappa shape index (κ2) is 42.6. The first-order valence-corrected chi connectivity index (χ1v) is 29.4. The molecular weight excluding hydrogens is 784 g/mol. The third kappa shape index (κ3) is 30.3. The Balaban J connectivity index is 0.0000198. The van der Waals surface area contributed by atoms with Crippen molar-refractivity contribution in [3.8, 4) is 0 Å². The molecule has 0 unspecified atom stereocenters. The van der Waals surface area contributed by atoms with E-state index < -0.39 is 10.1 Å². The SMILES string of the molecule is CCCCCCCCCCCCCCCCc1c(CCCCCCCCCCCCCCCC)c(S(=O)(=O)[O-])c2ccccc2c1CCCCCCCCCCCCCCCC.[Li+]. The molecule has 0 saturated heterocycles. The topological polar surface area (TPSA) is 57.2 Å². The van der Waals surface area contributed by atoms with Crippen LogP contribution in [-0.4, -0.2) is 13.0 Å². The summed E-state index contributed by atoms with van der Waals surface area (Å²) in [4.78, 5) is 0.105. The molecule has 5 heteroatoms. The number of fused-ring (bicyclic) bond motifs is 1. The second-order valence-electron chi connectivity index (χ2n) is 19.8. The Morgan fingerprint density at radius 1 is 0.317 bits per heavy atom. The van der Waals surface area contributed by atoms with Gasteiger partial charge in [0.2, 0.25) is 0 Å². The van der Waals surface area contributed by atoms with Gasteiger partial charge in [0.1, 0.15) is 10.1 Å². The maximum atomic E-state index is 13.2. The Labute approximate surface area is 406 Å². The van der Waals surface area contributed by atoms with Gasteiger partial charge in [-0.1, -0.05) is 295 Å². The van der Waals surface area contributed by atoms with Gasteiger partial charge < -0.3 is 4.55 Å². The first-order valence-electron chi connectivity index (χ1n) is 28.0. The zero-order chi connectivity index (χ0) is 44.6. The molecule has 0 N–H and O–H groups in total. The maximum absolute atomic E-state index is 13.2. The van der Waals surface area contributed by atoms with Gasteiger partial charge in [-0.05, 0) is 66.0 Å². The number of hydrogen-bond donors (Lipinski definition) is 0. The van der Waals surface area contributed by atoms with Crippen LogP contribution in [0, 0.1) is 0 Å². The Hall–Kier alpha value is -0.793. The molecule has 2 aromatic carbocycles. The first-order chi connectivity index (χ1) is 30.5. The molecule has 0 aliphatic carbocycles. The third-order valence-electron chi connectivity index (χ3n) is 14.1. The second-order valence-corrected chi connectivity index (χ2v) is 21.1. The Bertz CT molecular complexity index is 1420. The smallest absolute Gasteiger partial charge is 0.744 e. The fourth-order valence-corrected chi connectivity index (χ4v) is 11.2. The van der Waals surface area contributed by atoms with E-state index >= 15 is 0 Å². The van der Waals surface area contributed by atoms with Gasteiger partial charge in [0, 0.05) is 0 Å². The molecule has 0 spiro atoms. The summed E-state index contributed by atoms with van der Waals surface area (Å²) in [5.74, 6) is 0. The number of rotatable bonds is 46. The zero-order valence-corrected chi connectivity index (χ0v) is 43.6. The van der Waals surface area contributed by atoms with Crippen LogP contribution in [0.25, 0.3) is 10.8 Å². The van der Waals surface area contributed by atoms with Gasteiger partial charge in [-0.3, -0.25) is 0 Å². The number of hydrogen-bond acceptors (Lipinski definition) is 3. The minimum absolute atomic E-state index is 0. The first kappa shape index (κ1) is 60.2. The summed E-state index contributed by atoms with van der Waals surface area (Å²) in [5, 5.41) is 1.69. The van der Waals surface area contributed by atoms with E-state index in [0.29, 0.717) is 11.8 Å². The molecule has 63 heavy (non-hydrogen) atoms. The van der Waals surface area contributed by atoms with Crippen LogP contribution in [0.1, 0.15) is 307 Å². The van der Waals surface area contributed by atoms with Crippen LogP contribution < -0.4 is 18.9 Å². The monoisotopic (exact) mass is 887 g/mol. The average molecular weight is 887 g/mol. The molecule has 0 aliphatic rings. The van der Waals surface area contributed by atoms with Crippen molar-refractivity contribution in [3.63, 3.8) is 0 Å². The fourth-order valence-electron chi connectivity index (χ4n) is 10.2. The molecule has 2 aromatic rings. The van der Waals surface area contributed by atoms with Crippen molar-refractivity contribution in [3.05, 3.63) is 41.0 Å². The van der Waals surface area contributed by atoms with Crippen LogP contribution in [0.3, 0.4) is 0 Å². The van der Waals surface area contributed by atoms with Crippen LogP contribution in [0.4, 0.5) is 0 Å². The molecule has 0 aromatic heterocycles. The minimum atomic E-state index is -4.63. The van der Waals surface area contributed by atoms with E-state index in [4.69, 9.17) is 0 Å². The summed E-state index contributed by atoms with van der Waals surface area (Å²) in [6, 6.07) is 7.99. The molecule has 0 heterocycles. The van der Waals surface area contributed by atoms with E-state index in [1.807, 2.05) is 18.2 Å². The van der Waals surface area contributed by atoms with Crippen LogP contribution >= 0.6 is 0 Å². The van der Waals surface area contributed by atoms with Crippen LogP contribution in [0.5, 0.6) is 0 Å². The van der Waals surface area contributed by atoms with Crippen molar-refractivity contribution in [2.75, 3.05) is 0 Å². The summed E-state index contributed by atoms with van der Waals surface area (Å²) in [7, 11) is -4.63. The predicted octanol–water partition coefficient (Wildman–Crippen LogP) is 16.8. The van der Waals surface area contributed by atoms with Gasteiger partial charge >= 0.3 is 18.9 Å². The molecule has 0 atom stereocenters. The summed E-state index contributed by atoms with van der Waals surface area (Å²) in [5.41, 5.74) is 3.45. The predicted molar refractivity (Wildman–Crippen MR) is 274 cm³/mol. The average Bonchev–Trinajstić information content (AvgIpc) is 3.26. The van der Waals surface area contributed by atoms with E-state index in [1.165, 1.54) is 255 Å². The van der Waals surface area contributed by atoms with E-state index in [9.17, 15) is 13.0 Å². The summed E-state index contributed by atoms with van der Waals surface area (Å²) < 4.78 is 39.7. The van der Waals surface area contributed by atoms with Gasteiger partial charge in [-0.15, -0.1) is 0 Å². The quantitative estimate of drug-likeness (QED) is 0.0378. The number of unbranched alkanes of at least 4 members (excludes halogenated alkanes) is 39. The maximum Gasteiger partial charge on any atom is 1.00 e. The van der Waals surface area contributed by atoms with Gasteiger partial charge in [0.15, 0.2) is 0 Å². The molecule has 0 amide bonds. The van der Waals surface area contributed by atoms with Gasteiger partial charge in [-0.25, -0.2) is 8.42 Å². The molecule has 0 saturated carbocycles. The van der Waals surface area contributed by atoms with Crippen molar-refractivity contribution >= 4 is 20.9 Å². The normalized spacial score (nSPS) is 11.8. The molecule has 3 nitrogen and oxygen atoms in total. The van der Waals surface area contributed by atoms with E-state index in [0.717, 1.165) is 49.5 Å². The largest absolute Gasteiger partial charge is 1.00 e. The Morgan fingerprint density at radius 3 is 0.810 bits per heavy atom. The summed E-state index contributed by atoms with van der Waals surface area (Å²) in [6.07, 6.45) is 58.3. The van der Waals surface area contributed by atoms with Gasteiger partial charge in [-0.2, -0.15) is 0 Å². The van der Waals surface area contributed by atoms with Crippen LogP contribution in [0.2, 0.25) is 0 Å². The summed E-state index contributed by atoms with van der Waals surface area (Å²) >= 11 is 0. The third-order valence-corrected chi connectivity index (χ3v) is 15.1. The van der Waals surface area contributed by atoms with Crippen molar-refractivity contribution < 1.29 is 31.8 Å². The zero-order valence-electron chi connectivity index (χ0n) is 42.8. The van der Waals surface area contributed by atoms with Crippen molar-refractivity contribution in [2.24, 2.45) is 0 Å². The van der Waals surface area contributed by atoms with Gasteiger partial charge in [0.05, 0.1) is 4.90 Å². The Kier molecular flexibility index (Phi) is 40.7. The van der Waals surface area contributed by atoms with Crippen molar-refractivity contribution in [2.45, 2.75) is 315 Å². The van der Waals surface area contributed by atoms with E-state index in [2.05, 4.69) is 26.8 Å². The van der Waals surface area contributed by atoms with Gasteiger partial charge in [0.25, 0.3) is 0 Å². The van der Waals surface area contributed by atoms with Crippen LogP contribution in [-0.2, 0) is 29.4 Å². The standard InChI is InChI=1S/C58H104O3S.Li/c1-4-7-10-13-16-19-22-25-28-31-34-37-40-43-48-53-54(49-44-41-38-35-32-29-26-23-20-17-14-11-8-5-2)56(58(62(59,60)61)57-52-47-46-50-55(53)57)51-45-42-39-36-33-30-27-24-21-18-15-12-9-6-3;/h46-47,50,52H,4-45,48-49,51H2,1-3H3,(H,59,60,61);/q;+1/p-1. The molecule has 0 aliphatic heterocycles. The molecule has 0 radical (unpaired) electrons. The van der Waals surface area contributed by atoms with Crippen molar-refractivity contribution in [1.82, 2.24) is 0 Å². The number of benzene rings is 2. The molecular formula is C58H103LiO3S. The van der Waals surface area contributed by atoms with E-state index in [1.54, 1.807) is 0 Å². The Morgan fingerprint density at radius 2 is 0.540 bits per heavy atom. The fraction of sp³-hybridized carbons (Fsp3) is 0.828. The molecule has 360 valence electrons.